The molecule has 260 valence electrons. The van der Waals surface area contributed by atoms with E-state index in [2.05, 4.69) is 35.8 Å². The number of rotatable bonds is 10. The SMILES string of the molecule is O=C(O)c1ccccc1N=Nc1c(S(=O)(=O)[O-])cc2cc(S(=O)(=O)[O-])cc(Nc3nc(O)nc(Nc4cc(Cl)ccc4S(=O)(=O)[O-])n3)c2c1O.[Li+].[Li+].[Li+]. The zero-order valence-electron chi connectivity index (χ0n) is 27.0. The van der Waals surface area contributed by atoms with E-state index in [1.807, 2.05) is 0 Å². The Hall–Kier alpha value is -3.77. The number of phenols is 1. The largest absolute Gasteiger partial charge is 1.00 e. The number of phenolic OH excluding ortho intramolecular Hbond substituents is 1. The minimum atomic E-state index is -5.53. The van der Waals surface area contributed by atoms with Gasteiger partial charge in [0.25, 0.3) is 0 Å². The van der Waals surface area contributed by atoms with Gasteiger partial charge in [-0.3, -0.25) is 0 Å². The van der Waals surface area contributed by atoms with E-state index in [0.29, 0.717) is 18.2 Å². The number of aromatic carboxylic acids is 1. The normalized spacial score (nSPS) is 11.6. The molecule has 27 heteroatoms. The number of halogens is 1. The average molecular weight is 786 g/mol. The molecule has 0 spiro atoms. The van der Waals surface area contributed by atoms with Crippen molar-refractivity contribution in [2.24, 2.45) is 10.2 Å². The van der Waals surface area contributed by atoms with Crippen molar-refractivity contribution < 1.29 is 116 Å². The van der Waals surface area contributed by atoms with Gasteiger partial charge in [0.1, 0.15) is 41.7 Å². The van der Waals surface area contributed by atoms with E-state index in [-0.39, 0.29) is 67.3 Å². The summed E-state index contributed by atoms with van der Waals surface area (Å²) < 4.78 is 108. The Balaban J connectivity index is 0.00000324. The second-order valence-electron chi connectivity index (χ2n) is 9.70. The van der Waals surface area contributed by atoms with E-state index in [1.54, 1.807) is 0 Å². The summed E-state index contributed by atoms with van der Waals surface area (Å²) in [6.07, 6.45) is 0. The number of hydrogen-bond donors (Lipinski definition) is 5. The predicted molar refractivity (Wildman–Crippen MR) is 167 cm³/mol. The molecule has 4 aromatic carbocycles. The summed E-state index contributed by atoms with van der Waals surface area (Å²) >= 11 is 5.91. The molecule has 0 saturated heterocycles. The standard InChI is InChI=1S/C26H18ClN7O13S3.3Li/c27-12-5-6-18(49(42,43)44)16(9-12)28-24-30-25(32-26(38)31-24)29-17-10-13(48(39,40)41)7-11-8-19(50(45,46)47)21(22(35)20(11)17)34-33-15-4-2-1-3-14(15)23(36)37;;;/h1-10,35H,(H,36,37)(H,39,40,41)(H,42,43,44)(H,45,46,47)(H3,28,29,30,31,32,38);;;/q;3*+1/p-3. The molecule has 20 nitrogen and oxygen atoms in total. The van der Waals surface area contributed by atoms with Gasteiger partial charge < -0.3 is 39.6 Å². The number of azo groups is 1. The van der Waals surface area contributed by atoms with Crippen LogP contribution in [0.1, 0.15) is 10.4 Å². The molecule has 0 amide bonds. The van der Waals surface area contributed by atoms with Gasteiger partial charge in [0.05, 0.1) is 31.6 Å². The first kappa shape index (κ1) is 45.4. The van der Waals surface area contributed by atoms with Crippen LogP contribution in [0.15, 0.2) is 85.6 Å². The molecule has 5 rings (SSSR count). The molecule has 0 saturated carbocycles. The molecular formula is C26H15ClLi3N7O13S3. The molecule has 0 aliphatic heterocycles. The third kappa shape index (κ3) is 10.5. The third-order valence-corrected chi connectivity index (χ3v) is 9.19. The van der Waals surface area contributed by atoms with E-state index < -0.39 is 108 Å². The van der Waals surface area contributed by atoms with E-state index in [0.717, 1.165) is 24.3 Å². The molecule has 5 N–H and O–H groups in total. The molecule has 1 heterocycles. The Morgan fingerprint density at radius 1 is 0.717 bits per heavy atom. The number of benzene rings is 4. The molecular weight excluding hydrogens is 771 g/mol. The van der Waals surface area contributed by atoms with Gasteiger partial charge in [0.2, 0.25) is 11.9 Å². The maximum absolute atomic E-state index is 12.2. The average Bonchev–Trinajstić information content (AvgIpc) is 2.98. The van der Waals surface area contributed by atoms with Crippen molar-refractivity contribution in [2.45, 2.75) is 14.7 Å². The molecule has 0 aliphatic carbocycles. The third-order valence-electron chi connectivity index (χ3n) is 6.40. The van der Waals surface area contributed by atoms with Crippen LogP contribution in [-0.4, -0.2) is 75.2 Å². The van der Waals surface area contributed by atoms with Crippen molar-refractivity contribution in [3.63, 3.8) is 0 Å². The quantitative estimate of drug-likeness (QED) is 0.0500. The number of carbonyl (C=O) groups is 1. The van der Waals surface area contributed by atoms with Gasteiger partial charge in [-0.25, -0.2) is 30.0 Å². The van der Waals surface area contributed by atoms with Gasteiger partial charge in [0, 0.05) is 10.4 Å². The fourth-order valence-electron chi connectivity index (χ4n) is 4.37. The molecule has 0 unspecified atom stereocenters. The number of carboxylic acid groups (broad SMARTS) is 1. The van der Waals surface area contributed by atoms with E-state index in [9.17, 15) is 59.0 Å². The van der Waals surface area contributed by atoms with E-state index >= 15 is 0 Å². The summed E-state index contributed by atoms with van der Waals surface area (Å²) in [5.41, 5.74) is -2.76. The molecule has 0 bridgehead atoms. The number of aromatic nitrogens is 3. The number of carboxylic acids is 1. The number of anilines is 4. The van der Waals surface area contributed by atoms with Crippen LogP contribution in [-0.2, 0) is 30.4 Å². The van der Waals surface area contributed by atoms with Crippen LogP contribution in [0.4, 0.5) is 34.6 Å². The summed E-state index contributed by atoms with van der Waals surface area (Å²) in [5, 5.41) is 41.8. The molecule has 0 aliphatic rings. The number of hydrogen-bond acceptors (Lipinski definition) is 19. The summed E-state index contributed by atoms with van der Waals surface area (Å²) in [6.45, 7) is 0. The smallest absolute Gasteiger partial charge is 0.744 e. The minimum Gasteiger partial charge on any atom is -0.744 e. The fourth-order valence-corrected chi connectivity index (χ4v) is 6.34. The van der Waals surface area contributed by atoms with Crippen LogP contribution in [0.25, 0.3) is 10.8 Å². The van der Waals surface area contributed by atoms with Gasteiger partial charge in [-0.2, -0.15) is 15.0 Å². The van der Waals surface area contributed by atoms with Crippen molar-refractivity contribution >= 4 is 93.3 Å². The van der Waals surface area contributed by atoms with E-state index in [1.165, 1.54) is 18.2 Å². The maximum atomic E-state index is 12.2. The zero-order chi connectivity index (χ0) is 36.8. The topological polar surface area (TPSA) is 337 Å². The Morgan fingerprint density at radius 2 is 1.30 bits per heavy atom. The van der Waals surface area contributed by atoms with Crippen LogP contribution in [0.3, 0.4) is 0 Å². The molecule has 0 radical (unpaired) electrons. The van der Waals surface area contributed by atoms with Crippen molar-refractivity contribution in [1.82, 2.24) is 15.0 Å². The first-order valence-corrected chi connectivity index (χ1v) is 17.6. The van der Waals surface area contributed by atoms with Crippen LogP contribution in [0.5, 0.6) is 11.8 Å². The Bertz CT molecular complexity index is 2620. The second-order valence-corrected chi connectivity index (χ2v) is 14.2. The van der Waals surface area contributed by atoms with Gasteiger partial charge >= 0.3 is 68.6 Å². The number of aromatic hydroxyl groups is 2. The zero-order valence-corrected chi connectivity index (χ0v) is 30.2. The van der Waals surface area contributed by atoms with E-state index in [4.69, 9.17) is 11.6 Å². The van der Waals surface area contributed by atoms with Gasteiger partial charge in [0.15, 0.2) is 5.75 Å². The first-order chi connectivity index (χ1) is 23.2. The van der Waals surface area contributed by atoms with Crippen LogP contribution in [0.2, 0.25) is 5.02 Å². The monoisotopic (exact) mass is 785 g/mol. The van der Waals surface area contributed by atoms with Crippen molar-refractivity contribution in [3.8, 4) is 11.8 Å². The van der Waals surface area contributed by atoms with Crippen LogP contribution < -0.4 is 67.2 Å². The van der Waals surface area contributed by atoms with Gasteiger partial charge in [-0.1, -0.05) is 23.7 Å². The number of fused-ring (bicyclic) bond motifs is 1. The van der Waals surface area contributed by atoms with Crippen molar-refractivity contribution in [3.05, 3.63) is 71.2 Å². The summed E-state index contributed by atoms with van der Waals surface area (Å²) in [5.74, 6) is -3.91. The Kier molecular flexibility index (Phi) is 14.7. The van der Waals surface area contributed by atoms with Crippen molar-refractivity contribution in [2.75, 3.05) is 10.6 Å². The fraction of sp³-hybridized carbons (Fsp3) is 0. The van der Waals surface area contributed by atoms with Crippen LogP contribution in [0, 0.1) is 0 Å². The second kappa shape index (κ2) is 17.1. The predicted octanol–water partition coefficient (Wildman–Crippen LogP) is -5.59. The molecule has 1 aromatic heterocycles. The molecule has 0 fully saturated rings. The van der Waals surface area contributed by atoms with Gasteiger partial charge in [-0.15, -0.1) is 10.2 Å². The summed E-state index contributed by atoms with van der Waals surface area (Å²) in [4.78, 5) is 19.6. The molecule has 53 heavy (non-hydrogen) atoms. The number of nitrogens with one attached hydrogen (secondary N) is 2. The minimum absolute atomic E-state index is 0. The van der Waals surface area contributed by atoms with Crippen molar-refractivity contribution in [1.29, 1.82) is 0 Å². The Morgan fingerprint density at radius 3 is 1.87 bits per heavy atom. The molecule has 5 aromatic rings. The number of nitrogens with zero attached hydrogens (tertiary/aromatic N) is 5. The van der Waals surface area contributed by atoms with Gasteiger partial charge in [-0.05, 0) is 53.9 Å². The summed E-state index contributed by atoms with van der Waals surface area (Å²) in [6, 6.07) is 8.80. The first-order valence-electron chi connectivity index (χ1n) is 13.0. The summed E-state index contributed by atoms with van der Waals surface area (Å²) in [7, 11) is -15.9. The maximum Gasteiger partial charge on any atom is 1.00 e. The Labute approximate surface area is 339 Å². The molecule has 0 atom stereocenters. The van der Waals surface area contributed by atoms with Crippen LogP contribution >= 0.6 is 11.6 Å².